The van der Waals surface area contributed by atoms with Crippen molar-refractivity contribution in [3.63, 3.8) is 0 Å². The third-order valence-electron chi connectivity index (χ3n) is 5.52. The van der Waals surface area contributed by atoms with Crippen LogP contribution >= 0.6 is 0 Å². The van der Waals surface area contributed by atoms with E-state index < -0.39 is 24.1 Å². The van der Waals surface area contributed by atoms with E-state index in [0.29, 0.717) is 13.0 Å². The highest BCUT2D eigenvalue weighted by Gasteiger charge is 2.34. The summed E-state index contributed by atoms with van der Waals surface area (Å²) < 4.78 is 0. The van der Waals surface area contributed by atoms with Crippen LogP contribution < -0.4 is 21.7 Å². The fourth-order valence-corrected chi connectivity index (χ4v) is 3.71. The van der Waals surface area contributed by atoms with E-state index in [1.807, 2.05) is 30.3 Å². The average molecular weight is 419 g/mol. The number of benzene rings is 1. The first-order chi connectivity index (χ1) is 14.2. The number of nitrogens with one attached hydrogen (secondary N) is 3. The molecule has 8 nitrogen and oxygen atoms in total. The molecule has 1 aromatic rings. The number of ketones is 1. The molecule has 1 heterocycles. The lowest BCUT2D eigenvalue weighted by Crippen LogP contribution is -2.59. The summed E-state index contributed by atoms with van der Waals surface area (Å²) in [5.41, 5.74) is 6.79. The van der Waals surface area contributed by atoms with Gasteiger partial charge in [0.2, 0.25) is 11.8 Å². The Morgan fingerprint density at radius 1 is 1.13 bits per heavy atom. The van der Waals surface area contributed by atoms with Crippen molar-refractivity contribution in [1.29, 1.82) is 0 Å². The minimum Gasteiger partial charge on any atom is -0.391 e. The van der Waals surface area contributed by atoms with Gasteiger partial charge < -0.3 is 26.8 Å². The molecule has 5 atom stereocenters. The van der Waals surface area contributed by atoms with Crippen molar-refractivity contribution in [2.75, 3.05) is 19.6 Å². The maximum absolute atomic E-state index is 12.9. The number of piperidine rings is 1. The molecule has 0 bridgehead atoms. The van der Waals surface area contributed by atoms with Crippen molar-refractivity contribution < 1.29 is 19.5 Å². The van der Waals surface area contributed by atoms with E-state index in [4.69, 9.17) is 5.73 Å². The first kappa shape index (κ1) is 24.0. The average Bonchev–Trinajstić information content (AvgIpc) is 2.75. The summed E-state index contributed by atoms with van der Waals surface area (Å²) in [6.45, 7) is 6.12. The molecule has 2 amide bonds. The molecule has 1 saturated heterocycles. The number of rotatable bonds is 9. The normalized spacial score (nSPS) is 22.1. The Hall–Kier alpha value is -2.29. The molecule has 166 valence electrons. The van der Waals surface area contributed by atoms with Gasteiger partial charge in [0.05, 0.1) is 18.1 Å². The van der Waals surface area contributed by atoms with Crippen molar-refractivity contribution in [2.45, 2.75) is 51.3 Å². The van der Waals surface area contributed by atoms with Crippen molar-refractivity contribution in [3.8, 4) is 0 Å². The van der Waals surface area contributed by atoms with Gasteiger partial charge in [-0.1, -0.05) is 44.2 Å². The maximum atomic E-state index is 12.9. The molecule has 8 heteroatoms. The Morgan fingerprint density at radius 2 is 1.80 bits per heavy atom. The number of hydrogen-bond acceptors (Lipinski definition) is 6. The smallest absolute Gasteiger partial charge is 0.245 e. The standard InChI is InChI=1S/C22H34N4O4/c1-13(2)20(28)18(10-23)25-22(30)19(14(3)27)26-21(29)17-9-16(11-24-12-17)15-7-5-4-6-8-15/h4-8,13-14,16-19,24,27H,9-12,23H2,1-3H3,(H,25,30)(H,26,29)/t14-,16+,17-,18-,19-/m0/s1. The third-order valence-corrected chi connectivity index (χ3v) is 5.52. The predicted molar refractivity (Wildman–Crippen MR) is 115 cm³/mol. The Bertz CT molecular complexity index is 723. The summed E-state index contributed by atoms with van der Waals surface area (Å²) in [4.78, 5) is 37.7. The largest absolute Gasteiger partial charge is 0.391 e. The van der Waals surface area contributed by atoms with Crippen LogP contribution in [0.15, 0.2) is 30.3 Å². The molecule has 0 aromatic heterocycles. The summed E-state index contributed by atoms with van der Waals surface area (Å²) in [7, 11) is 0. The number of carbonyl (C=O) groups is 3. The first-order valence-corrected chi connectivity index (χ1v) is 10.5. The molecule has 6 N–H and O–H groups in total. The van der Waals surface area contributed by atoms with Gasteiger partial charge in [0.15, 0.2) is 5.78 Å². The van der Waals surface area contributed by atoms with Crippen molar-refractivity contribution >= 4 is 17.6 Å². The molecule has 1 aliphatic rings. The topological polar surface area (TPSA) is 134 Å². The fraction of sp³-hybridized carbons (Fsp3) is 0.591. The van der Waals surface area contributed by atoms with E-state index in [1.54, 1.807) is 13.8 Å². The van der Waals surface area contributed by atoms with Crippen LogP contribution in [0.5, 0.6) is 0 Å². The van der Waals surface area contributed by atoms with Crippen molar-refractivity contribution in [3.05, 3.63) is 35.9 Å². The molecule has 0 unspecified atom stereocenters. The second-order valence-corrected chi connectivity index (χ2v) is 8.28. The molecule has 0 saturated carbocycles. The second-order valence-electron chi connectivity index (χ2n) is 8.28. The number of Topliss-reactive ketones (excluding diaryl/α,β-unsaturated/α-hetero) is 1. The van der Waals surface area contributed by atoms with E-state index in [1.165, 1.54) is 6.92 Å². The SMILES string of the molecule is CC(C)C(=O)[C@H](CN)NC(=O)[C@@H](NC(=O)[C@@H]1CNC[C@H](c2ccccc2)C1)[C@H](C)O. The van der Waals surface area contributed by atoms with Crippen LogP contribution in [-0.2, 0) is 14.4 Å². The molecule has 1 aromatic carbocycles. The monoisotopic (exact) mass is 418 g/mol. The maximum Gasteiger partial charge on any atom is 0.245 e. The number of amides is 2. The van der Waals surface area contributed by atoms with Crippen LogP contribution in [0.4, 0.5) is 0 Å². The van der Waals surface area contributed by atoms with Crippen LogP contribution in [0.25, 0.3) is 0 Å². The quantitative estimate of drug-likeness (QED) is 0.381. The highest BCUT2D eigenvalue weighted by molar-refractivity contribution is 5.94. The number of aliphatic hydroxyl groups is 1. The first-order valence-electron chi connectivity index (χ1n) is 10.5. The summed E-state index contributed by atoms with van der Waals surface area (Å²) in [6.07, 6.45) is -0.475. The minimum atomic E-state index is -1.16. The lowest BCUT2D eigenvalue weighted by molar-refractivity contribution is -0.135. The second kappa shape index (κ2) is 11.2. The molecule has 1 fully saturated rings. The van der Waals surface area contributed by atoms with Crippen LogP contribution in [-0.4, -0.2) is 60.5 Å². The fourth-order valence-electron chi connectivity index (χ4n) is 3.71. The zero-order valence-electron chi connectivity index (χ0n) is 17.9. The number of carbonyl (C=O) groups excluding carboxylic acids is 3. The zero-order chi connectivity index (χ0) is 22.3. The van der Waals surface area contributed by atoms with E-state index in [-0.39, 0.29) is 36.0 Å². The zero-order valence-corrected chi connectivity index (χ0v) is 17.9. The van der Waals surface area contributed by atoms with Gasteiger partial charge in [-0.15, -0.1) is 0 Å². The highest BCUT2D eigenvalue weighted by atomic mass is 16.3. The molecule has 1 aliphatic heterocycles. The molecular formula is C22H34N4O4. The molecule has 30 heavy (non-hydrogen) atoms. The lowest BCUT2D eigenvalue weighted by Gasteiger charge is -2.31. The summed E-state index contributed by atoms with van der Waals surface area (Å²) >= 11 is 0. The van der Waals surface area contributed by atoms with Gasteiger partial charge in [-0.25, -0.2) is 0 Å². The Kier molecular flexibility index (Phi) is 8.95. The van der Waals surface area contributed by atoms with Crippen LogP contribution in [0, 0.1) is 11.8 Å². The van der Waals surface area contributed by atoms with Gasteiger partial charge in [0.1, 0.15) is 6.04 Å². The highest BCUT2D eigenvalue weighted by Crippen LogP contribution is 2.26. The van der Waals surface area contributed by atoms with Crippen LogP contribution in [0.3, 0.4) is 0 Å². The van der Waals surface area contributed by atoms with E-state index in [9.17, 15) is 19.5 Å². The summed E-state index contributed by atoms with van der Waals surface area (Å²) in [5.74, 6) is -1.54. The van der Waals surface area contributed by atoms with Gasteiger partial charge in [0, 0.05) is 25.6 Å². The molecule has 0 aliphatic carbocycles. The van der Waals surface area contributed by atoms with Gasteiger partial charge in [-0.3, -0.25) is 14.4 Å². The Morgan fingerprint density at radius 3 is 2.37 bits per heavy atom. The van der Waals surface area contributed by atoms with Crippen LogP contribution in [0.1, 0.15) is 38.7 Å². The molecule has 0 spiro atoms. The summed E-state index contributed by atoms with van der Waals surface area (Å²) in [5, 5.41) is 18.6. The Balaban J connectivity index is 2.02. The third kappa shape index (κ3) is 6.35. The van der Waals surface area contributed by atoms with E-state index in [0.717, 1.165) is 12.1 Å². The summed E-state index contributed by atoms with van der Waals surface area (Å²) in [6, 6.07) is 7.96. The van der Waals surface area contributed by atoms with Gasteiger partial charge in [0.25, 0.3) is 0 Å². The van der Waals surface area contributed by atoms with Gasteiger partial charge >= 0.3 is 0 Å². The number of hydrogen-bond donors (Lipinski definition) is 5. The molecule has 2 rings (SSSR count). The molecule has 0 radical (unpaired) electrons. The van der Waals surface area contributed by atoms with Crippen molar-refractivity contribution in [1.82, 2.24) is 16.0 Å². The Labute approximate surface area is 178 Å². The molecular weight excluding hydrogens is 384 g/mol. The van der Waals surface area contributed by atoms with Gasteiger partial charge in [-0.05, 0) is 24.8 Å². The van der Waals surface area contributed by atoms with Crippen molar-refractivity contribution in [2.24, 2.45) is 17.6 Å². The minimum absolute atomic E-state index is 0.0471. The predicted octanol–water partition coefficient (Wildman–Crippen LogP) is -0.0861. The van der Waals surface area contributed by atoms with E-state index in [2.05, 4.69) is 16.0 Å². The number of aliphatic hydroxyl groups excluding tert-OH is 1. The van der Waals surface area contributed by atoms with Gasteiger partial charge in [-0.2, -0.15) is 0 Å². The van der Waals surface area contributed by atoms with E-state index >= 15 is 0 Å². The van der Waals surface area contributed by atoms with Crippen LogP contribution in [0.2, 0.25) is 0 Å². The number of nitrogens with two attached hydrogens (primary N) is 1. The lowest BCUT2D eigenvalue weighted by atomic mass is 9.85.